The van der Waals surface area contributed by atoms with Crippen LogP contribution in [0.25, 0.3) is 0 Å². The van der Waals surface area contributed by atoms with Gasteiger partial charge in [0.15, 0.2) is 0 Å². The van der Waals surface area contributed by atoms with E-state index in [-0.39, 0.29) is 24.7 Å². The number of carbonyl (C=O) groups excluding carboxylic acids is 1. The van der Waals surface area contributed by atoms with Crippen molar-refractivity contribution in [1.29, 1.82) is 0 Å². The Kier molecular flexibility index (Phi) is 9.21. The lowest BCUT2D eigenvalue weighted by Gasteiger charge is -2.19. The lowest BCUT2D eigenvalue weighted by molar-refractivity contribution is -0.160. The quantitative estimate of drug-likeness (QED) is 0.327. The molecule has 0 fully saturated rings. The van der Waals surface area contributed by atoms with Gasteiger partial charge in [-0.25, -0.2) is 4.79 Å². The number of esters is 1. The van der Waals surface area contributed by atoms with Crippen LogP contribution in [0.15, 0.2) is 29.2 Å². The molecule has 148 valence electrons. The van der Waals surface area contributed by atoms with Gasteiger partial charge in [-0.15, -0.1) is 0 Å². The third-order valence-corrected chi connectivity index (χ3v) is 4.27. The number of hydrogen-bond donors (Lipinski definition) is 0. The molecule has 7 nitrogen and oxygen atoms in total. The average Bonchev–Trinajstić information content (AvgIpc) is 2.51. The van der Waals surface area contributed by atoms with Crippen molar-refractivity contribution in [2.45, 2.75) is 44.6 Å². The highest BCUT2D eigenvalue weighted by Gasteiger charge is 2.16. The Labute approximate surface area is 155 Å². The summed E-state index contributed by atoms with van der Waals surface area (Å²) in [6.45, 7) is 7.90. The zero-order chi connectivity index (χ0) is 19.6. The molecule has 0 heterocycles. The fourth-order valence-electron chi connectivity index (χ4n) is 1.93. The van der Waals surface area contributed by atoms with Gasteiger partial charge in [-0.1, -0.05) is 12.1 Å². The van der Waals surface area contributed by atoms with E-state index in [0.29, 0.717) is 19.6 Å². The summed E-state index contributed by atoms with van der Waals surface area (Å²) in [4.78, 5) is 11.5. The van der Waals surface area contributed by atoms with Crippen LogP contribution in [-0.2, 0) is 33.3 Å². The normalized spacial score (nSPS) is 12.2. The second-order valence-corrected chi connectivity index (χ2v) is 8.31. The number of ether oxygens (including phenoxy) is 3. The van der Waals surface area contributed by atoms with Gasteiger partial charge in [0.05, 0.1) is 18.1 Å². The number of rotatable bonds is 11. The monoisotopic (exact) mass is 388 g/mol. The molecule has 8 heteroatoms. The van der Waals surface area contributed by atoms with E-state index in [4.69, 9.17) is 18.4 Å². The second-order valence-electron chi connectivity index (χ2n) is 6.70. The molecule has 26 heavy (non-hydrogen) atoms. The van der Waals surface area contributed by atoms with E-state index in [9.17, 15) is 13.2 Å². The number of hydrogen-bond acceptors (Lipinski definition) is 7. The topological polar surface area (TPSA) is 88.1 Å². The standard InChI is InChI=1S/C18H28O7S/c1-15-7-5-8-16(13-15)26(20,21)24-12-11-22-9-6-10-23-14-17(19)25-18(2,3)4/h5,7-8,13H,6,9-12,14H2,1-4H3. The highest BCUT2D eigenvalue weighted by molar-refractivity contribution is 7.86. The molecular formula is C18H28O7S. The van der Waals surface area contributed by atoms with Gasteiger partial charge in [-0.3, -0.25) is 4.18 Å². The van der Waals surface area contributed by atoms with Gasteiger partial charge in [0.25, 0.3) is 10.1 Å². The van der Waals surface area contributed by atoms with Gasteiger partial charge in [-0.2, -0.15) is 8.42 Å². The summed E-state index contributed by atoms with van der Waals surface area (Å²) < 4.78 is 44.5. The van der Waals surface area contributed by atoms with Crippen LogP contribution in [0, 0.1) is 6.92 Å². The van der Waals surface area contributed by atoms with E-state index in [0.717, 1.165) is 5.56 Å². The van der Waals surface area contributed by atoms with Crippen molar-refractivity contribution in [3.8, 4) is 0 Å². The number of aryl methyl sites for hydroxylation is 1. The van der Waals surface area contributed by atoms with E-state index in [2.05, 4.69) is 0 Å². The van der Waals surface area contributed by atoms with Gasteiger partial charge < -0.3 is 14.2 Å². The summed E-state index contributed by atoms with van der Waals surface area (Å²) in [5, 5.41) is 0. The summed E-state index contributed by atoms with van der Waals surface area (Å²) in [5.41, 5.74) is 0.319. The SMILES string of the molecule is Cc1cccc(S(=O)(=O)OCCOCCCOCC(=O)OC(C)(C)C)c1. The van der Waals surface area contributed by atoms with Gasteiger partial charge >= 0.3 is 5.97 Å². The summed E-state index contributed by atoms with van der Waals surface area (Å²) in [6.07, 6.45) is 0.577. The highest BCUT2D eigenvalue weighted by atomic mass is 32.2. The first kappa shape index (κ1) is 22.6. The minimum atomic E-state index is -3.76. The first-order valence-corrected chi connectivity index (χ1v) is 9.84. The van der Waals surface area contributed by atoms with Crippen LogP contribution in [-0.4, -0.2) is 53.0 Å². The molecule has 1 aromatic carbocycles. The van der Waals surface area contributed by atoms with Crippen LogP contribution in [0.2, 0.25) is 0 Å². The lowest BCUT2D eigenvalue weighted by atomic mass is 10.2. The minimum absolute atomic E-state index is 0.0605. The lowest BCUT2D eigenvalue weighted by Crippen LogP contribution is -2.26. The molecule has 0 aliphatic rings. The van der Waals surface area contributed by atoms with Crippen molar-refractivity contribution >= 4 is 16.1 Å². The summed E-state index contributed by atoms with van der Waals surface area (Å²) in [6, 6.07) is 6.52. The van der Waals surface area contributed by atoms with Crippen LogP contribution >= 0.6 is 0 Å². The van der Waals surface area contributed by atoms with Crippen molar-refractivity contribution in [3.05, 3.63) is 29.8 Å². The van der Waals surface area contributed by atoms with Crippen molar-refractivity contribution < 1.29 is 31.6 Å². The van der Waals surface area contributed by atoms with E-state index in [1.54, 1.807) is 32.9 Å². The third kappa shape index (κ3) is 9.86. The predicted octanol–water partition coefficient (Wildman–Crippen LogP) is 2.47. The maximum Gasteiger partial charge on any atom is 0.332 e. The number of benzene rings is 1. The molecule has 0 atom stereocenters. The van der Waals surface area contributed by atoms with Gasteiger partial charge in [-0.05, 0) is 51.8 Å². The molecule has 0 aliphatic heterocycles. The van der Waals surface area contributed by atoms with Gasteiger partial charge in [0.2, 0.25) is 0 Å². The van der Waals surface area contributed by atoms with E-state index in [1.807, 2.05) is 13.0 Å². The summed E-state index contributed by atoms with van der Waals surface area (Å²) in [5.74, 6) is -0.409. The Balaban J connectivity index is 2.08. The minimum Gasteiger partial charge on any atom is -0.458 e. The maximum absolute atomic E-state index is 12.0. The Morgan fingerprint density at radius 1 is 1.04 bits per heavy atom. The largest absolute Gasteiger partial charge is 0.458 e. The molecule has 0 aromatic heterocycles. The molecule has 0 N–H and O–H groups in total. The Hall–Kier alpha value is -1.48. The van der Waals surface area contributed by atoms with Gasteiger partial charge in [0, 0.05) is 13.2 Å². The smallest absolute Gasteiger partial charge is 0.332 e. The molecule has 0 saturated heterocycles. The zero-order valence-corrected chi connectivity index (χ0v) is 16.6. The van der Waals surface area contributed by atoms with Crippen LogP contribution < -0.4 is 0 Å². The van der Waals surface area contributed by atoms with Crippen molar-refractivity contribution in [3.63, 3.8) is 0 Å². The molecule has 0 unspecified atom stereocenters. The van der Waals surface area contributed by atoms with Crippen molar-refractivity contribution in [2.75, 3.05) is 33.0 Å². The van der Waals surface area contributed by atoms with E-state index < -0.39 is 21.7 Å². The Morgan fingerprint density at radius 2 is 1.73 bits per heavy atom. The van der Waals surface area contributed by atoms with E-state index in [1.165, 1.54) is 6.07 Å². The molecule has 0 saturated carbocycles. The highest BCUT2D eigenvalue weighted by Crippen LogP contribution is 2.13. The summed E-state index contributed by atoms with van der Waals surface area (Å²) >= 11 is 0. The fraction of sp³-hybridized carbons (Fsp3) is 0.611. The van der Waals surface area contributed by atoms with Crippen LogP contribution in [0.5, 0.6) is 0 Å². The van der Waals surface area contributed by atoms with Gasteiger partial charge in [0.1, 0.15) is 12.2 Å². The Bertz CT molecular complexity index is 662. The second kappa shape index (κ2) is 10.6. The third-order valence-electron chi connectivity index (χ3n) is 2.96. The molecule has 1 aromatic rings. The molecule has 0 aliphatic carbocycles. The Morgan fingerprint density at radius 3 is 2.38 bits per heavy atom. The van der Waals surface area contributed by atoms with Crippen molar-refractivity contribution in [1.82, 2.24) is 0 Å². The fourth-order valence-corrected chi connectivity index (χ4v) is 2.93. The molecule has 0 radical (unpaired) electrons. The molecule has 0 bridgehead atoms. The predicted molar refractivity (Wildman–Crippen MR) is 96.4 cm³/mol. The maximum atomic E-state index is 12.0. The van der Waals surface area contributed by atoms with Crippen LogP contribution in [0.1, 0.15) is 32.8 Å². The van der Waals surface area contributed by atoms with E-state index >= 15 is 0 Å². The molecular weight excluding hydrogens is 360 g/mol. The number of carbonyl (C=O) groups is 1. The molecule has 0 amide bonds. The summed E-state index contributed by atoms with van der Waals surface area (Å²) in [7, 11) is -3.76. The molecule has 1 rings (SSSR count). The van der Waals surface area contributed by atoms with Crippen LogP contribution in [0.4, 0.5) is 0 Å². The zero-order valence-electron chi connectivity index (χ0n) is 15.8. The average molecular weight is 388 g/mol. The first-order valence-electron chi connectivity index (χ1n) is 8.43. The van der Waals surface area contributed by atoms with Crippen molar-refractivity contribution in [2.24, 2.45) is 0 Å². The first-order chi connectivity index (χ1) is 12.1. The van der Waals surface area contributed by atoms with Crippen LogP contribution in [0.3, 0.4) is 0 Å². The molecule has 0 spiro atoms.